The quantitative estimate of drug-likeness (QED) is 0.886. The molecule has 20 heavy (non-hydrogen) atoms. The first-order valence-corrected chi connectivity index (χ1v) is 7.97. The van der Waals surface area contributed by atoms with Gasteiger partial charge in [0.05, 0.1) is 0 Å². The summed E-state index contributed by atoms with van der Waals surface area (Å²) in [5.41, 5.74) is 5.81. The number of rotatable bonds is 3. The molecule has 0 amide bonds. The lowest BCUT2D eigenvalue weighted by atomic mass is 9.92. The zero-order chi connectivity index (χ0) is 14.0. The van der Waals surface area contributed by atoms with Gasteiger partial charge in [-0.15, -0.1) is 12.4 Å². The summed E-state index contributed by atoms with van der Waals surface area (Å²) in [4.78, 5) is -0.417. The summed E-state index contributed by atoms with van der Waals surface area (Å²) in [5, 5.41) is 0.183. The molecule has 114 valence electrons. The third-order valence-corrected chi connectivity index (χ3v) is 4.99. The van der Waals surface area contributed by atoms with Gasteiger partial charge in [0.15, 0.2) is 0 Å². The van der Waals surface area contributed by atoms with Crippen LogP contribution in [0.2, 0.25) is 5.02 Å². The largest absolute Gasteiger partial charge is 0.328 e. The molecule has 0 saturated heterocycles. The van der Waals surface area contributed by atoms with Gasteiger partial charge < -0.3 is 5.73 Å². The predicted octanol–water partition coefficient (Wildman–Crippen LogP) is 2.45. The Morgan fingerprint density at radius 2 is 2.05 bits per heavy atom. The molecular weight excluding hydrogens is 326 g/mol. The highest BCUT2D eigenvalue weighted by molar-refractivity contribution is 7.89. The lowest BCUT2D eigenvalue weighted by Crippen LogP contribution is -2.42. The molecule has 0 bridgehead atoms. The number of halogens is 3. The van der Waals surface area contributed by atoms with Crippen molar-refractivity contribution in [3.8, 4) is 0 Å². The van der Waals surface area contributed by atoms with Crippen LogP contribution in [0.5, 0.6) is 0 Å². The Bertz CT molecular complexity index is 569. The Hall–Kier alpha value is -0.400. The van der Waals surface area contributed by atoms with Gasteiger partial charge in [-0.2, -0.15) is 0 Å². The number of sulfonamides is 1. The molecule has 2 unspecified atom stereocenters. The minimum Gasteiger partial charge on any atom is -0.328 e. The maximum atomic E-state index is 13.6. The van der Waals surface area contributed by atoms with Crippen LogP contribution in [0.1, 0.15) is 25.7 Å². The fourth-order valence-electron chi connectivity index (χ4n) is 2.30. The third kappa shape index (κ3) is 4.30. The average Bonchev–Trinajstić information content (AvgIpc) is 2.31. The molecule has 2 rings (SSSR count). The second-order valence-electron chi connectivity index (χ2n) is 4.82. The topological polar surface area (TPSA) is 72.2 Å². The van der Waals surface area contributed by atoms with Gasteiger partial charge in [-0.1, -0.05) is 18.0 Å². The number of hydrogen-bond donors (Lipinski definition) is 2. The normalized spacial score (nSPS) is 23.1. The van der Waals surface area contributed by atoms with Crippen LogP contribution >= 0.6 is 24.0 Å². The Balaban J connectivity index is 0.00000200. The molecule has 0 heterocycles. The summed E-state index contributed by atoms with van der Waals surface area (Å²) >= 11 is 5.71. The van der Waals surface area contributed by atoms with Crippen LogP contribution in [0.3, 0.4) is 0 Å². The minimum atomic E-state index is -3.90. The van der Waals surface area contributed by atoms with E-state index in [1.807, 2.05) is 0 Å². The van der Waals surface area contributed by atoms with E-state index < -0.39 is 20.7 Å². The minimum absolute atomic E-state index is 0. The number of nitrogens with two attached hydrogens (primary N) is 1. The highest BCUT2D eigenvalue weighted by Crippen LogP contribution is 2.22. The second kappa shape index (κ2) is 7.04. The molecule has 1 aliphatic carbocycles. The van der Waals surface area contributed by atoms with Gasteiger partial charge in [-0.3, -0.25) is 0 Å². The molecule has 0 aliphatic heterocycles. The Labute approximate surface area is 129 Å². The third-order valence-electron chi connectivity index (χ3n) is 3.22. The predicted molar refractivity (Wildman–Crippen MR) is 79.2 cm³/mol. The fourth-order valence-corrected chi connectivity index (χ4v) is 3.92. The van der Waals surface area contributed by atoms with Crippen LogP contribution in [0.25, 0.3) is 0 Å². The van der Waals surface area contributed by atoms with Gasteiger partial charge in [0, 0.05) is 17.1 Å². The molecule has 4 nitrogen and oxygen atoms in total. The van der Waals surface area contributed by atoms with Crippen LogP contribution in [0, 0.1) is 5.82 Å². The van der Waals surface area contributed by atoms with Crippen LogP contribution in [-0.2, 0) is 10.0 Å². The van der Waals surface area contributed by atoms with E-state index in [-0.39, 0.29) is 29.5 Å². The Morgan fingerprint density at radius 1 is 1.35 bits per heavy atom. The number of nitrogens with one attached hydrogen (secondary N) is 1. The number of hydrogen-bond acceptors (Lipinski definition) is 3. The van der Waals surface area contributed by atoms with Crippen molar-refractivity contribution in [3.05, 3.63) is 29.0 Å². The SMILES string of the molecule is Cl.NC1CCCC(NS(=O)(=O)c2cc(Cl)ccc2F)C1. The Morgan fingerprint density at radius 3 is 2.70 bits per heavy atom. The molecule has 0 radical (unpaired) electrons. The standard InChI is InChI=1S/C12H16ClFN2O2S.ClH/c13-8-4-5-11(14)12(6-8)19(17,18)16-10-3-1-2-9(15)7-10;/h4-6,9-10,16H,1-3,7,15H2;1H. The molecule has 1 aromatic carbocycles. The summed E-state index contributed by atoms with van der Waals surface area (Å²) in [7, 11) is -3.90. The van der Waals surface area contributed by atoms with Crippen molar-refractivity contribution in [2.24, 2.45) is 5.73 Å². The van der Waals surface area contributed by atoms with Gasteiger partial charge in [0.25, 0.3) is 0 Å². The fraction of sp³-hybridized carbons (Fsp3) is 0.500. The van der Waals surface area contributed by atoms with Crippen molar-refractivity contribution in [1.82, 2.24) is 4.72 Å². The van der Waals surface area contributed by atoms with E-state index in [0.29, 0.717) is 6.42 Å². The smallest absolute Gasteiger partial charge is 0.243 e. The lowest BCUT2D eigenvalue weighted by Gasteiger charge is -2.27. The van der Waals surface area contributed by atoms with Crippen LogP contribution in [0.15, 0.2) is 23.1 Å². The zero-order valence-electron chi connectivity index (χ0n) is 10.7. The van der Waals surface area contributed by atoms with Gasteiger partial charge in [-0.25, -0.2) is 17.5 Å². The monoisotopic (exact) mass is 342 g/mol. The molecule has 0 aromatic heterocycles. The highest BCUT2D eigenvalue weighted by atomic mass is 35.5. The second-order valence-corrected chi connectivity index (χ2v) is 6.94. The van der Waals surface area contributed by atoms with Crippen LogP contribution in [-0.4, -0.2) is 20.5 Å². The molecular formula is C12H17Cl2FN2O2S. The van der Waals surface area contributed by atoms with E-state index in [1.165, 1.54) is 6.07 Å². The van der Waals surface area contributed by atoms with Gasteiger partial charge in [-0.05, 0) is 37.5 Å². The molecule has 2 atom stereocenters. The maximum Gasteiger partial charge on any atom is 0.243 e. The first kappa shape index (κ1) is 17.7. The van der Waals surface area contributed by atoms with Gasteiger partial charge in [0.1, 0.15) is 10.7 Å². The van der Waals surface area contributed by atoms with Crippen molar-refractivity contribution in [3.63, 3.8) is 0 Å². The van der Waals surface area contributed by atoms with Crippen molar-refractivity contribution < 1.29 is 12.8 Å². The molecule has 3 N–H and O–H groups in total. The summed E-state index contributed by atoms with van der Waals surface area (Å²) in [6.45, 7) is 0. The van der Waals surface area contributed by atoms with E-state index in [9.17, 15) is 12.8 Å². The average molecular weight is 343 g/mol. The zero-order valence-corrected chi connectivity index (χ0v) is 13.1. The lowest BCUT2D eigenvalue weighted by molar-refractivity contribution is 0.370. The highest BCUT2D eigenvalue weighted by Gasteiger charge is 2.26. The van der Waals surface area contributed by atoms with E-state index in [4.69, 9.17) is 17.3 Å². The first-order valence-electron chi connectivity index (χ1n) is 6.11. The molecule has 0 spiro atoms. The molecule has 1 saturated carbocycles. The number of benzene rings is 1. The van der Waals surface area contributed by atoms with E-state index in [2.05, 4.69) is 4.72 Å². The van der Waals surface area contributed by atoms with E-state index >= 15 is 0 Å². The summed E-state index contributed by atoms with van der Waals surface area (Å²) in [5.74, 6) is -0.808. The van der Waals surface area contributed by atoms with Crippen molar-refractivity contribution in [2.45, 2.75) is 42.7 Å². The van der Waals surface area contributed by atoms with E-state index in [0.717, 1.165) is 31.4 Å². The molecule has 1 aliphatic rings. The van der Waals surface area contributed by atoms with Crippen molar-refractivity contribution in [1.29, 1.82) is 0 Å². The summed E-state index contributed by atoms with van der Waals surface area (Å²) in [6.07, 6.45) is 3.05. The molecule has 1 fully saturated rings. The van der Waals surface area contributed by atoms with Crippen molar-refractivity contribution in [2.75, 3.05) is 0 Å². The summed E-state index contributed by atoms with van der Waals surface area (Å²) < 4.78 is 40.4. The van der Waals surface area contributed by atoms with E-state index in [1.54, 1.807) is 0 Å². The van der Waals surface area contributed by atoms with Crippen LogP contribution in [0.4, 0.5) is 4.39 Å². The van der Waals surface area contributed by atoms with Gasteiger partial charge >= 0.3 is 0 Å². The van der Waals surface area contributed by atoms with Gasteiger partial charge in [0.2, 0.25) is 10.0 Å². The molecule has 1 aromatic rings. The maximum absolute atomic E-state index is 13.6. The van der Waals surface area contributed by atoms with Crippen LogP contribution < -0.4 is 10.5 Å². The summed E-state index contributed by atoms with van der Waals surface area (Å²) in [6, 6.07) is 3.22. The Kier molecular flexibility index (Phi) is 6.22. The first-order chi connectivity index (χ1) is 8.88. The van der Waals surface area contributed by atoms with Crippen molar-refractivity contribution >= 4 is 34.0 Å². The molecule has 8 heteroatoms.